The molecule has 2 nitrogen and oxygen atoms in total. The van der Waals surface area contributed by atoms with Crippen LogP contribution in [0.25, 0.3) is 0 Å². The molecule has 0 saturated carbocycles. The van der Waals surface area contributed by atoms with Gasteiger partial charge in [0.15, 0.2) is 0 Å². The summed E-state index contributed by atoms with van der Waals surface area (Å²) in [7, 11) is 0. The molecule has 0 radical (unpaired) electrons. The molecule has 0 spiro atoms. The minimum Gasteiger partial charge on any atom is -0.292 e. The second-order valence-corrected chi connectivity index (χ2v) is 2.91. The lowest BCUT2D eigenvalue weighted by atomic mass is 10.2. The van der Waals surface area contributed by atoms with E-state index in [1.807, 2.05) is 27.0 Å². The first-order chi connectivity index (χ1) is 5.04. The number of nitrogens with zero attached hydrogens (tertiary/aromatic N) is 1. The van der Waals surface area contributed by atoms with Crippen molar-refractivity contribution in [3.63, 3.8) is 0 Å². The highest BCUT2D eigenvalue weighted by Crippen LogP contribution is 2.13. The molecule has 60 valence electrons. The maximum atomic E-state index is 11.0. The Morgan fingerprint density at radius 1 is 1.36 bits per heavy atom. The number of carbonyl (C=O) groups excluding carboxylic acids is 1. The van der Waals surface area contributed by atoms with Gasteiger partial charge in [-0.2, -0.15) is 0 Å². The third kappa shape index (κ3) is 1.20. The van der Waals surface area contributed by atoms with Gasteiger partial charge in [-0.3, -0.25) is 9.36 Å². The van der Waals surface area contributed by atoms with Gasteiger partial charge in [-0.1, -0.05) is 0 Å². The molecule has 1 rings (SSSR count). The topological polar surface area (TPSA) is 22.0 Å². The highest BCUT2D eigenvalue weighted by Gasteiger charge is 2.06. The third-order valence-electron chi connectivity index (χ3n) is 2.16. The highest BCUT2D eigenvalue weighted by molar-refractivity contribution is 5.77. The summed E-state index contributed by atoms with van der Waals surface area (Å²) >= 11 is 0. The van der Waals surface area contributed by atoms with Crippen LogP contribution in [0.2, 0.25) is 0 Å². The van der Waals surface area contributed by atoms with E-state index in [4.69, 9.17) is 0 Å². The molecule has 1 aromatic heterocycles. The Balaban J connectivity index is 3.29. The predicted octanol–water partition coefficient (Wildman–Crippen LogP) is 2.07. The summed E-state index contributed by atoms with van der Waals surface area (Å²) in [5.74, 6) is 0.0821. The second-order valence-electron chi connectivity index (χ2n) is 2.91. The second kappa shape index (κ2) is 2.53. The number of hydrogen-bond acceptors (Lipinski definition) is 1. The Kier molecular flexibility index (Phi) is 1.85. The number of rotatable bonds is 0. The van der Waals surface area contributed by atoms with Gasteiger partial charge >= 0.3 is 0 Å². The maximum Gasteiger partial charge on any atom is 0.227 e. The van der Waals surface area contributed by atoms with Crippen molar-refractivity contribution in [2.24, 2.45) is 0 Å². The largest absolute Gasteiger partial charge is 0.292 e. The summed E-state index contributed by atoms with van der Waals surface area (Å²) < 4.78 is 1.69. The zero-order chi connectivity index (χ0) is 8.59. The summed E-state index contributed by atoms with van der Waals surface area (Å²) in [6.45, 7) is 7.58. The monoisotopic (exact) mass is 151 g/mol. The first-order valence-corrected chi connectivity index (χ1v) is 3.70. The van der Waals surface area contributed by atoms with Crippen LogP contribution in [0.1, 0.15) is 28.5 Å². The van der Waals surface area contributed by atoms with Crippen LogP contribution in [-0.2, 0) is 0 Å². The van der Waals surface area contributed by atoms with E-state index in [1.54, 1.807) is 11.5 Å². The van der Waals surface area contributed by atoms with E-state index in [9.17, 15) is 4.79 Å². The Hall–Kier alpha value is -1.05. The van der Waals surface area contributed by atoms with E-state index in [-0.39, 0.29) is 5.91 Å². The summed E-state index contributed by atoms with van der Waals surface area (Å²) in [5, 5.41) is 0. The van der Waals surface area contributed by atoms with Crippen LogP contribution in [0.15, 0.2) is 6.20 Å². The number of aryl methyl sites for hydroxylation is 1. The van der Waals surface area contributed by atoms with Crippen LogP contribution in [0, 0.1) is 20.8 Å². The molecular formula is C9H13NO. The fraction of sp³-hybridized carbons (Fsp3) is 0.444. The summed E-state index contributed by atoms with van der Waals surface area (Å²) in [5.41, 5.74) is 3.44. The van der Waals surface area contributed by atoms with Crippen molar-refractivity contribution in [3.05, 3.63) is 23.0 Å². The van der Waals surface area contributed by atoms with Crippen molar-refractivity contribution >= 4 is 5.91 Å². The van der Waals surface area contributed by atoms with Crippen molar-refractivity contribution in [3.8, 4) is 0 Å². The van der Waals surface area contributed by atoms with Gasteiger partial charge in [0.2, 0.25) is 5.91 Å². The van der Waals surface area contributed by atoms with Crippen molar-refractivity contribution in [2.75, 3.05) is 0 Å². The zero-order valence-electron chi connectivity index (χ0n) is 7.43. The molecule has 0 N–H and O–H groups in total. The number of aromatic nitrogens is 1. The Morgan fingerprint density at radius 2 is 1.91 bits per heavy atom. The molecule has 0 fully saturated rings. The fourth-order valence-corrected chi connectivity index (χ4v) is 1.18. The van der Waals surface area contributed by atoms with E-state index < -0.39 is 0 Å². The molecule has 1 aromatic rings. The minimum absolute atomic E-state index is 0.0821. The summed E-state index contributed by atoms with van der Waals surface area (Å²) in [4.78, 5) is 11.0. The molecular weight excluding hydrogens is 138 g/mol. The quantitative estimate of drug-likeness (QED) is 0.556. The molecule has 0 amide bonds. The Labute approximate surface area is 66.8 Å². The molecule has 0 aliphatic carbocycles. The van der Waals surface area contributed by atoms with Gasteiger partial charge in [-0.05, 0) is 31.9 Å². The van der Waals surface area contributed by atoms with Crippen molar-refractivity contribution in [1.82, 2.24) is 4.57 Å². The molecule has 0 bridgehead atoms. The minimum atomic E-state index is 0.0821. The Morgan fingerprint density at radius 3 is 2.09 bits per heavy atom. The first kappa shape index (κ1) is 8.05. The van der Waals surface area contributed by atoms with Gasteiger partial charge in [0.25, 0.3) is 0 Å². The van der Waals surface area contributed by atoms with Crippen molar-refractivity contribution in [1.29, 1.82) is 0 Å². The van der Waals surface area contributed by atoms with Gasteiger partial charge < -0.3 is 0 Å². The smallest absolute Gasteiger partial charge is 0.227 e. The first-order valence-electron chi connectivity index (χ1n) is 3.70. The van der Waals surface area contributed by atoms with Gasteiger partial charge in [0.05, 0.1) is 0 Å². The van der Waals surface area contributed by atoms with Gasteiger partial charge in [0.1, 0.15) is 0 Å². The van der Waals surface area contributed by atoms with Crippen LogP contribution >= 0.6 is 0 Å². The lowest BCUT2D eigenvalue weighted by molar-refractivity contribution is 0.0934. The van der Waals surface area contributed by atoms with Gasteiger partial charge in [0, 0.05) is 18.8 Å². The molecule has 1 heterocycles. The lowest BCUT2D eigenvalue weighted by Crippen LogP contribution is -2.05. The van der Waals surface area contributed by atoms with Gasteiger partial charge in [-0.25, -0.2) is 0 Å². The number of hydrogen-bond donors (Lipinski definition) is 0. The van der Waals surface area contributed by atoms with Crippen molar-refractivity contribution in [2.45, 2.75) is 27.7 Å². The maximum absolute atomic E-state index is 11.0. The number of carbonyl (C=O) groups is 1. The predicted molar refractivity (Wildman–Crippen MR) is 44.9 cm³/mol. The summed E-state index contributed by atoms with van der Waals surface area (Å²) in [6, 6.07) is 0. The SMILES string of the molecule is CC(=O)n1cc(C)c(C)c1C. The lowest BCUT2D eigenvalue weighted by Gasteiger charge is -1.98. The molecule has 0 aliphatic heterocycles. The average molecular weight is 151 g/mol. The molecule has 0 saturated heterocycles. The van der Waals surface area contributed by atoms with E-state index >= 15 is 0 Å². The van der Waals surface area contributed by atoms with Crippen LogP contribution in [0.4, 0.5) is 0 Å². The molecule has 0 unspecified atom stereocenters. The zero-order valence-corrected chi connectivity index (χ0v) is 7.43. The molecule has 0 atom stereocenters. The van der Waals surface area contributed by atoms with Gasteiger partial charge in [-0.15, -0.1) is 0 Å². The third-order valence-corrected chi connectivity index (χ3v) is 2.16. The van der Waals surface area contributed by atoms with E-state index in [1.165, 1.54) is 11.1 Å². The Bertz CT molecular complexity index is 297. The fourth-order valence-electron chi connectivity index (χ4n) is 1.18. The van der Waals surface area contributed by atoms with E-state index in [0.29, 0.717) is 0 Å². The highest BCUT2D eigenvalue weighted by atomic mass is 16.1. The molecule has 2 heteroatoms. The normalized spacial score (nSPS) is 10.2. The molecule has 11 heavy (non-hydrogen) atoms. The van der Waals surface area contributed by atoms with E-state index in [2.05, 4.69) is 0 Å². The molecule has 0 aromatic carbocycles. The van der Waals surface area contributed by atoms with Crippen LogP contribution in [0.3, 0.4) is 0 Å². The molecule has 0 aliphatic rings. The van der Waals surface area contributed by atoms with Crippen molar-refractivity contribution < 1.29 is 4.79 Å². The average Bonchev–Trinajstić information content (AvgIpc) is 2.17. The summed E-state index contributed by atoms with van der Waals surface area (Å²) in [6.07, 6.45) is 1.88. The van der Waals surface area contributed by atoms with Crippen LogP contribution in [0.5, 0.6) is 0 Å². The van der Waals surface area contributed by atoms with Crippen LogP contribution in [-0.4, -0.2) is 10.5 Å². The van der Waals surface area contributed by atoms with Crippen LogP contribution < -0.4 is 0 Å². The van der Waals surface area contributed by atoms with E-state index in [0.717, 1.165) is 5.69 Å². The standard InChI is InChI=1S/C9H13NO/c1-6-5-10(9(4)11)8(3)7(6)2/h5H,1-4H3.